The largest absolute Gasteiger partial charge is 0.497 e. The highest BCUT2D eigenvalue weighted by atomic mass is 16.5. The summed E-state index contributed by atoms with van der Waals surface area (Å²) in [7, 11) is 1.61. The number of amides is 2. The van der Waals surface area contributed by atoms with E-state index in [1.807, 2.05) is 43.0 Å². The second-order valence-electron chi connectivity index (χ2n) is 7.60. The van der Waals surface area contributed by atoms with Gasteiger partial charge in [-0.05, 0) is 57.9 Å². The van der Waals surface area contributed by atoms with Crippen molar-refractivity contribution in [2.24, 2.45) is 0 Å². The molecule has 1 aliphatic rings. The van der Waals surface area contributed by atoms with Crippen LogP contribution in [0.5, 0.6) is 5.75 Å². The lowest BCUT2D eigenvalue weighted by Gasteiger charge is -2.36. The maximum Gasteiger partial charge on any atom is 0.280 e. The van der Waals surface area contributed by atoms with Crippen molar-refractivity contribution in [2.75, 3.05) is 32.1 Å². The van der Waals surface area contributed by atoms with Gasteiger partial charge in [0.15, 0.2) is 12.6 Å². The molecule has 0 saturated heterocycles. The Balaban J connectivity index is 1.95. The summed E-state index contributed by atoms with van der Waals surface area (Å²) in [5.74, 6) is 0.839. The number of likely N-dealkylation sites (N-methyl/N-ethyl adjacent to an activating group) is 2. The van der Waals surface area contributed by atoms with Crippen LogP contribution in [0.25, 0.3) is 0 Å². The Morgan fingerprint density at radius 3 is 2.36 bits per heavy atom. The van der Waals surface area contributed by atoms with Crippen molar-refractivity contribution in [2.45, 2.75) is 65.0 Å². The van der Waals surface area contributed by atoms with Gasteiger partial charge in [-0.15, -0.1) is 0 Å². The van der Waals surface area contributed by atoms with E-state index >= 15 is 0 Å². The lowest BCUT2D eigenvalue weighted by Crippen LogP contribution is -3.17. The summed E-state index contributed by atoms with van der Waals surface area (Å²) < 4.78 is 5.14. The van der Waals surface area contributed by atoms with Crippen LogP contribution in [0.15, 0.2) is 24.3 Å². The monoisotopic (exact) mass is 390 g/mol. The molecule has 1 aliphatic carbocycles. The molecule has 0 bridgehead atoms. The first-order valence-corrected chi connectivity index (χ1v) is 10.6. The highest BCUT2D eigenvalue weighted by Gasteiger charge is 2.33. The van der Waals surface area contributed by atoms with Gasteiger partial charge in [-0.1, -0.05) is 19.3 Å². The Bertz CT molecular complexity index is 626. The molecule has 2 rings (SSSR count). The third-order valence-electron chi connectivity index (χ3n) is 5.84. The molecule has 0 heterocycles. The molecule has 156 valence electrons. The number of carbonyl (C=O) groups is 2. The summed E-state index contributed by atoms with van der Waals surface area (Å²) >= 11 is 0. The van der Waals surface area contributed by atoms with Crippen LogP contribution < -0.4 is 15.0 Å². The van der Waals surface area contributed by atoms with Crippen molar-refractivity contribution < 1.29 is 19.2 Å². The topological polar surface area (TPSA) is 63.1 Å². The quantitative estimate of drug-likeness (QED) is 0.679. The van der Waals surface area contributed by atoms with Gasteiger partial charge in [0.05, 0.1) is 13.7 Å². The number of rotatable bonds is 9. The summed E-state index contributed by atoms with van der Waals surface area (Å²) in [6.07, 6.45) is 5.89. The number of ether oxygens (including phenoxy) is 1. The molecular formula is C22H36N3O3+. The number of hydrogen-bond donors (Lipinski definition) is 2. The van der Waals surface area contributed by atoms with Crippen molar-refractivity contribution in [3.05, 3.63) is 24.3 Å². The molecule has 2 N–H and O–H groups in total. The second kappa shape index (κ2) is 11.1. The van der Waals surface area contributed by atoms with Crippen LogP contribution in [0.4, 0.5) is 5.69 Å². The molecule has 6 nitrogen and oxygen atoms in total. The van der Waals surface area contributed by atoms with E-state index in [4.69, 9.17) is 4.74 Å². The van der Waals surface area contributed by atoms with Crippen molar-refractivity contribution in [1.29, 1.82) is 0 Å². The van der Waals surface area contributed by atoms with Crippen molar-refractivity contribution in [3.8, 4) is 5.75 Å². The zero-order valence-corrected chi connectivity index (χ0v) is 17.8. The predicted octanol–water partition coefficient (Wildman–Crippen LogP) is 2.11. The van der Waals surface area contributed by atoms with Gasteiger partial charge >= 0.3 is 0 Å². The number of anilines is 1. The van der Waals surface area contributed by atoms with Gasteiger partial charge in [0, 0.05) is 18.3 Å². The number of methoxy groups -OCH3 is 1. The molecular weight excluding hydrogens is 354 g/mol. The Labute approximate surface area is 169 Å². The number of nitrogens with zero attached hydrogens (tertiary/aromatic N) is 1. The first kappa shape index (κ1) is 22.2. The number of nitrogens with one attached hydrogen (secondary N) is 2. The molecule has 1 aromatic carbocycles. The number of hydrogen-bond acceptors (Lipinski definition) is 3. The first-order valence-electron chi connectivity index (χ1n) is 10.6. The molecule has 2 amide bonds. The molecule has 1 saturated carbocycles. The van der Waals surface area contributed by atoms with Crippen molar-refractivity contribution in [1.82, 2.24) is 4.90 Å². The average molecular weight is 391 g/mol. The van der Waals surface area contributed by atoms with E-state index in [1.54, 1.807) is 7.11 Å². The van der Waals surface area contributed by atoms with Crippen LogP contribution in [-0.2, 0) is 9.59 Å². The Hall–Kier alpha value is -2.08. The standard InChI is InChI=1S/C22H35N3O3/c1-5-24(16-21(26)23-18-12-14-20(28-4)15-13-18)17(3)22(27)25(6-2)19-10-8-7-9-11-19/h12-15,17,19H,5-11,16H2,1-4H3,(H,23,26)/p+1/t17-/m0/s1. The summed E-state index contributed by atoms with van der Waals surface area (Å²) in [5, 5.41) is 2.92. The summed E-state index contributed by atoms with van der Waals surface area (Å²) in [5.41, 5.74) is 0.734. The van der Waals surface area contributed by atoms with E-state index in [-0.39, 0.29) is 24.4 Å². The fraction of sp³-hybridized carbons (Fsp3) is 0.636. The fourth-order valence-corrected chi connectivity index (χ4v) is 4.08. The maximum absolute atomic E-state index is 13.1. The first-order chi connectivity index (χ1) is 13.5. The minimum atomic E-state index is -0.228. The molecule has 28 heavy (non-hydrogen) atoms. The predicted molar refractivity (Wildman–Crippen MR) is 112 cm³/mol. The van der Waals surface area contributed by atoms with Gasteiger partial charge in [-0.3, -0.25) is 9.59 Å². The van der Waals surface area contributed by atoms with E-state index in [1.165, 1.54) is 19.3 Å². The van der Waals surface area contributed by atoms with E-state index < -0.39 is 0 Å². The molecule has 1 fully saturated rings. The van der Waals surface area contributed by atoms with Gasteiger partial charge in [0.25, 0.3) is 11.8 Å². The lowest BCUT2D eigenvalue weighted by molar-refractivity contribution is -0.904. The minimum Gasteiger partial charge on any atom is -0.497 e. The van der Waals surface area contributed by atoms with Crippen LogP contribution >= 0.6 is 0 Å². The van der Waals surface area contributed by atoms with Crippen LogP contribution in [0.1, 0.15) is 52.9 Å². The molecule has 6 heteroatoms. The van der Waals surface area contributed by atoms with E-state index in [2.05, 4.69) is 12.2 Å². The highest BCUT2D eigenvalue weighted by molar-refractivity contribution is 5.91. The zero-order valence-electron chi connectivity index (χ0n) is 17.8. The molecule has 1 aromatic rings. The Kier molecular flexibility index (Phi) is 8.77. The van der Waals surface area contributed by atoms with Gasteiger partial charge in [-0.25, -0.2) is 0 Å². The smallest absolute Gasteiger partial charge is 0.280 e. The second-order valence-corrected chi connectivity index (χ2v) is 7.60. The number of quaternary nitrogens is 1. The third-order valence-corrected chi connectivity index (χ3v) is 5.84. The lowest BCUT2D eigenvalue weighted by atomic mass is 9.93. The molecule has 0 aromatic heterocycles. The average Bonchev–Trinajstić information content (AvgIpc) is 2.73. The summed E-state index contributed by atoms with van der Waals surface area (Å²) in [6, 6.07) is 7.40. The van der Waals surface area contributed by atoms with Crippen molar-refractivity contribution >= 4 is 17.5 Å². The van der Waals surface area contributed by atoms with E-state index in [0.717, 1.165) is 42.3 Å². The number of carbonyl (C=O) groups excluding carboxylic acids is 2. The van der Waals surface area contributed by atoms with Crippen LogP contribution in [0, 0.1) is 0 Å². The molecule has 1 unspecified atom stereocenters. The SMILES string of the molecule is CCN(C(=O)[C@H](C)[NH+](CC)CC(=O)Nc1ccc(OC)cc1)C1CCCCC1. The summed E-state index contributed by atoms with van der Waals surface area (Å²) in [6.45, 7) is 7.77. The van der Waals surface area contributed by atoms with Crippen molar-refractivity contribution in [3.63, 3.8) is 0 Å². The highest BCUT2D eigenvalue weighted by Crippen LogP contribution is 2.22. The third kappa shape index (κ3) is 5.96. The number of benzene rings is 1. The maximum atomic E-state index is 13.1. The van der Waals surface area contributed by atoms with Gasteiger partial charge in [0.1, 0.15) is 5.75 Å². The zero-order chi connectivity index (χ0) is 20.5. The van der Waals surface area contributed by atoms with E-state index in [9.17, 15) is 9.59 Å². The minimum absolute atomic E-state index is 0.0811. The summed E-state index contributed by atoms with van der Waals surface area (Å²) in [4.78, 5) is 28.7. The Morgan fingerprint density at radius 1 is 1.18 bits per heavy atom. The normalized spacial score (nSPS) is 16.9. The molecule has 0 aliphatic heterocycles. The Morgan fingerprint density at radius 2 is 1.82 bits per heavy atom. The molecule has 0 radical (unpaired) electrons. The molecule has 2 atom stereocenters. The van der Waals surface area contributed by atoms with Crippen LogP contribution in [0.2, 0.25) is 0 Å². The van der Waals surface area contributed by atoms with Gasteiger partial charge < -0.3 is 19.9 Å². The van der Waals surface area contributed by atoms with Gasteiger partial charge in [-0.2, -0.15) is 0 Å². The molecule has 0 spiro atoms. The van der Waals surface area contributed by atoms with E-state index in [0.29, 0.717) is 6.04 Å². The van der Waals surface area contributed by atoms with Gasteiger partial charge in [0.2, 0.25) is 0 Å². The van der Waals surface area contributed by atoms with Crippen LogP contribution in [0.3, 0.4) is 0 Å². The fourth-order valence-electron chi connectivity index (χ4n) is 4.08. The van der Waals surface area contributed by atoms with Crippen LogP contribution in [-0.4, -0.2) is 55.5 Å².